The van der Waals surface area contributed by atoms with Gasteiger partial charge in [-0.3, -0.25) is 4.79 Å². The van der Waals surface area contributed by atoms with E-state index in [1.807, 2.05) is 25.1 Å². The maximum Gasteiger partial charge on any atom is 0.248 e. The van der Waals surface area contributed by atoms with E-state index in [9.17, 15) is 4.79 Å². The van der Waals surface area contributed by atoms with Crippen molar-refractivity contribution in [3.05, 3.63) is 29.3 Å². The van der Waals surface area contributed by atoms with E-state index >= 15 is 0 Å². The van der Waals surface area contributed by atoms with Gasteiger partial charge in [0, 0.05) is 6.54 Å². The molecule has 0 heterocycles. The van der Waals surface area contributed by atoms with Crippen molar-refractivity contribution in [1.29, 1.82) is 0 Å². The third kappa shape index (κ3) is 3.24. The summed E-state index contributed by atoms with van der Waals surface area (Å²) in [6, 6.07) is 5.72. The van der Waals surface area contributed by atoms with Crippen LogP contribution in [0.15, 0.2) is 18.2 Å². The van der Waals surface area contributed by atoms with Gasteiger partial charge in [-0.05, 0) is 31.0 Å². The second-order valence-corrected chi connectivity index (χ2v) is 3.70. The maximum absolute atomic E-state index is 11.1. The van der Waals surface area contributed by atoms with Crippen LogP contribution in [0.1, 0.15) is 18.1 Å². The minimum absolute atomic E-state index is 0.375. The van der Waals surface area contributed by atoms with Gasteiger partial charge in [0.05, 0.1) is 7.11 Å². The molecule has 0 unspecified atom stereocenters. The van der Waals surface area contributed by atoms with Gasteiger partial charge in [-0.2, -0.15) is 0 Å². The van der Waals surface area contributed by atoms with E-state index < -0.39 is 6.10 Å². The third-order valence-electron chi connectivity index (χ3n) is 2.32. The van der Waals surface area contributed by atoms with Crippen LogP contribution in [0.25, 0.3) is 0 Å². The van der Waals surface area contributed by atoms with E-state index in [-0.39, 0.29) is 5.91 Å². The fraction of sp³-hybridized carbons (Fsp3) is 0.417. The fourth-order valence-electron chi connectivity index (χ4n) is 1.31. The molecule has 1 aromatic carbocycles. The molecule has 16 heavy (non-hydrogen) atoms. The SMILES string of the molecule is COc1cc(CNC(=O)[C@H](C)O)ccc1C. The second kappa shape index (κ2) is 5.51. The van der Waals surface area contributed by atoms with Crippen molar-refractivity contribution in [3.8, 4) is 5.75 Å². The molecule has 0 aliphatic rings. The normalized spacial score (nSPS) is 12.0. The predicted molar refractivity (Wildman–Crippen MR) is 61.3 cm³/mol. The molecule has 1 amide bonds. The van der Waals surface area contributed by atoms with Crippen LogP contribution >= 0.6 is 0 Å². The Balaban J connectivity index is 2.64. The quantitative estimate of drug-likeness (QED) is 0.800. The summed E-state index contributed by atoms with van der Waals surface area (Å²) >= 11 is 0. The molecule has 0 aliphatic carbocycles. The lowest BCUT2D eigenvalue weighted by Gasteiger charge is -2.09. The fourth-order valence-corrected chi connectivity index (χ4v) is 1.31. The molecule has 0 fully saturated rings. The average Bonchev–Trinajstić information content (AvgIpc) is 2.27. The van der Waals surface area contributed by atoms with Gasteiger partial charge in [0.1, 0.15) is 11.9 Å². The molecule has 1 rings (SSSR count). The maximum atomic E-state index is 11.1. The van der Waals surface area contributed by atoms with Crippen molar-refractivity contribution in [1.82, 2.24) is 5.32 Å². The zero-order valence-electron chi connectivity index (χ0n) is 9.78. The molecule has 0 saturated heterocycles. The number of benzene rings is 1. The van der Waals surface area contributed by atoms with Gasteiger partial charge in [-0.25, -0.2) is 0 Å². The summed E-state index contributed by atoms with van der Waals surface area (Å²) in [5.41, 5.74) is 1.99. The first-order valence-corrected chi connectivity index (χ1v) is 5.14. The molecule has 0 spiro atoms. The number of aryl methyl sites for hydroxylation is 1. The number of hydrogen-bond acceptors (Lipinski definition) is 3. The lowest BCUT2D eigenvalue weighted by atomic mass is 10.1. The number of carbonyl (C=O) groups excluding carboxylic acids is 1. The first-order chi connectivity index (χ1) is 7.54. The molecule has 0 bridgehead atoms. The summed E-state index contributed by atoms with van der Waals surface area (Å²) < 4.78 is 5.18. The lowest BCUT2D eigenvalue weighted by molar-refractivity contribution is -0.128. The number of nitrogens with one attached hydrogen (secondary N) is 1. The topological polar surface area (TPSA) is 58.6 Å². The van der Waals surface area contributed by atoms with Gasteiger partial charge in [0.2, 0.25) is 5.91 Å². The van der Waals surface area contributed by atoms with Crippen LogP contribution in [-0.4, -0.2) is 24.2 Å². The Morgan fingerprint density at radius 3 is 2.81 bits per heavy atom. The number of aliphatic hydroxyl groups is 1. The highest BCUT2D eigenvalue weighted by molar-refractivity contribution is 5.79. The first kappa shape index (κ1) is 12.5. The summed E-state index contributed by atoms with van der Waals surface area (Å²) in [6.45, 7) is 3.78. The van der Waals surface area contributed by atoms with Gasteiger partial charge in [0.25, 0.3) is 0 Å². The van der Waals surface area contributed by atoms with Crippen molar-refractivity contribution >= 4 is 5.91 Å². The van der Waals surface area contributed by atoms with E-state index in [0.29, 0.717) is 6.54 Å². The highest BCUT2D eigenvalue weighted by atomic mass is 16.5. The van der Waals surface area contributed by atoms with Gasteiger partial charge < -0.3 is 15.2 Å². The van der Waals surface area contributed by atoms with Crippen LogP contribution < -0.4 is 10.1 Å². The van der Waals surface area contributed by atoms with Gasteiger partial charge in [-0.15, -0.1) is 0 Å². The summed E-state index contributed by atoms with van der Waals surface area (Å²) in [7, 11) is 1.61. The number of aliphatic hydroxyl groups excluding tert-OH is 1. The lowest BCUT2D eigenvalue weighted by Crippen LogP contribution is -2.31. The first-order valence-electron chi connectivity index (χ1n) is 5.14. The summed E-state index contributed by atoms with van der Waals surface area (Å²) in [6.07, 6.45) is -0.979. The number of hydrogen-bond donors (Lipinski definition) is 2. The number of carbonyl (C=O) groups is 1. The van der Waals surface area contributed by atoms with E-state index in [1.54, 1.807) is 7.11 Å². The molecule has 4 heteroatoms. The third-order valence-corrected chi connectivity index (χ3v) is 2.32. The Labute approximate surface area is 95.2 Å². The summed E-state index contributed by atoms with van der Waals surface area (Å²) in [4.78, 5) is 11.1. The minimum atomic E-state index is -0.979. The zero-order valence-corrected chi connectivity index (χ0v) is 9.78. The van der Waals surface area contributed by atoms with Crippen LogP contribution in [0.5, 0.6) is 5.75 Å². The van der Waals surface area contributed by atoms with E-state index in [4.69, 9.17) is 9.84 Å². The van der Waals surface area contributed by atoms with Crippen LogP contribution in [0.3, 0.4) is 0 Å². The molecule has 2 N–H and O–H groups in total. The van der Waals surface area contributed by atoms with Gasteiger partial charge in [0.15, 0.2) is 0 Å². The predicted octanol–water partition coefficient (Wildman–Crippen LogP) is 1.00. The van der Waals surface area contributed by atoms with Gasteiger partial charge >= 0.3 is 0 Å². The van der Waals surface area contributed by atoms with Crippen LogP contribution in [-0.2, 0) is 11.3 Å². The smallest absolute Gasteiger partial charge is 0.248 e. The molecule has 0 radical (unpaired) electrons. The van der Waals surface area contributed by atoms with E-state index in [1.165, 1.54) is 6.92 Å². The molecular formula is C12H17NO3. The Hall–Kier alpha value is -1.55. The Bertz CT molecular complexity index is 375. The van der Waals surface area contributed by atoms with Crippen molar-refractivity contribution in [2.75, 3.05) is 7.11 Å². The highest BCUT2D eigenvalue weighted by Crippen LogP contribution is 2.18. The highest BCUT2D eigenvalue weighted by Gasteiger charge is 2.08. The molecule has 0 aromatic heterocycles. The summed E-state index contributed by atoms with van der Waals surface area (Å²) in [5.74, 6) is 0.420. The Morgan fingerprint density at radius 2 is 2.25 bits per heavy atom. The molecule has 88 valence electrons. The number of rotatable bonds is 4. The van der Waals surface area contributed by atoms with Crippen LogP contribution in [0.4, 0.5) is 0 Å². The van der Waals surface area contributed by atoms with Crippen LogP contribution in [0.2, 0.25) is 0 Å². The molecular weight excluding hydrogens is 206 g/mol. The number of ether oxygens (including phenoxy) is 1. The standard InChI is InChI=1S/C12H17NO3/c1-8-4-5-10(6-11(8)16-3)7-13-12(15)9(2)14/h4-6,9,14H,7H2,1-3H3,(H,13,15)/t9-/m0/s1. The van der Waals surface area contributed by atoms with Crippen molar-refractivity contribution in [2.24, 2.45) is 0 Å². The van der Waals surface area contributed by atoms with Crippen molar-refractivity contribution in [3.63, 3.8) is 0 Å². The van der Waals surface area contributed by atoms with Crippen molar-refractivity contribution in [2.45, 2.75) is 26.5 Å². The second-order valence-electron chi connectivity index (χ2n) is 3.70. The van der Waals surface area contributed by atoms with E-state index in [2.05, 4.69) is 5.32 Å². The minimum Gasteiger partial charge on any atom is -0.496 e. The average molecular weight is 223 g/mol. The molecule has 4 nitrogen and oxygen atoms in total. The van der Waals surface area contributed by atoms with E-state index in [0.717, 1.165) is 16.9 Å². The Morgan fingerprint density at radius 1 is 1.56 bits per heavy atom. The summed E-state index contributed by atoms with van der Waals surface area (Å²) in [5, 5.41) is 11.6. The monoisotopic (exact) mass is 223 g/mol. The van der Waals surface area contributed by atoms with Crippen molar-refractivity contribution < 1.29 is 14.6 Å². The Kier molecular flexibility index (Phi) is 4.31. The van der Waals surface area contributed by atoms with Crippen LogP contribution in [0, 0.1) is 6.92 Å². The molecule has 1 aromatic rings. The molecule has 0 saturated carbocycles. The molecule has 0 aliphatic heterocycles. The molecule has 1 atom stereocenters. The largest absolute Gasteiger partial charge is 0.496 e. The number of amides is 1. The zero-order chi connectivity index (χ0) is 12.1. The van der Waals surface area contributed by atoms with Gasteiger partial charge in [-0.1, -0.05) is 12.1 Å². The number of methoxy groups -OCH3 is 1.